The Morgan fingerprint density at radius 2 is 1.93 bits per heavy atom. The molecule has 3 rings (SSSR count). The average Bonchev–Trinajstić information content (AvgIpc) is 3.04. The number of phenols is 1. The van der Waals surface area contributed by atoms with E-state index >= 15 is 0 Å². The lowest BCUT2D eigenvalue weighted by Crippen LogP contribution is -2.43. The Balaban J connectivity index is 1.71. The molecule has 27 heavy (non-hydrogen) atoms. The zero-order valence-corrected chi connectivity index (χ0v) is 15.2. The van der Waals surface area contributed by atoms with E-state index in [0.717, 1.165) is 27.7 Å². The van der Waals surface area contributed by atoms with E-state index in [2.05, 4.69) is 5.32 Å². The molecule has 0 aliphatic rings. The molecule has 0 fully saturated rings. The average molecular weight is 367 g/mol. The van der Waals surface area contributed by atoms with Gasteiger partial charge in [-0.2, -0.15) is 0 Å². The summed E-state index contributed by atoms with van der Waals surface area (Å²) in [6.45, 7) is 1.97. The second-order valence-electron chi connectivity index (χ2n) is 6.45. The highest BCUT2D eigenvalue weighted by Gasteiger charge is 2.22. The first-order valence-electron chi connectivity index (χ1n) is 8.58. The van der Waals surface area contributed by atoms with Gasteiger partial charge in [-0.1, -0.05) is 24.3 Å². The Bertz CT molecular complexity index is 958. The van der Waals surface area contributed by atoms with Gasteiger partial charge >= 0.3 is 5.97 Å². The molecule has 0 spiro atoms. The Labute approximate surface area is 156 Å². The van der Waals surface area contributed by atoms with Crippen LogP contribution in [0.1, 0.15) is 16.7 Å². The maximum atomic E-state index is 12.5. The first kappa shape index (κ1) is 18.5. The number of methoxy groups -OCH3 is 1. The fourth-order valence-electron chi connectivity index (χ4n) is 2.95. The van der Waals surface area contributed by atoms with E-state index in [4.69, 9.17) is 9.15 Å². The van der Waals surface area contributed by atoms with E-state index in [1.54, 1.807) is 18.4 Å². The third kappa shape index (κ3) is 4.47. The Morgan fingerprint density at radius 3 is 2.63 bits per heavy atom. The van der Waals surface area contributed by atoms with Crippen molar-refractivity contribution in [3.63, 3.8) is 0 Å². The minimum Gasteiger partial charge on any atom is -0.508 e. The number of ether oxygens (including phenoxy) is 1. The van der Waals surface area contributed by atoms with Crippen molar-refractivity contribution < 1.29 is 23.8 Å². The SMILES string of the molecule is COC(=O)[C@@H](Cc1ccc(O)cc1)NC(=O)Cc1coc2cc(C)ccc12. The summed E-state index contributed by atoms with van der Waals surface area (Å²) >= 11 is 0. The number of aryl methyl sites for hydroxylation is 1. The van der Waals surface area contributed by atoms with Crippen molar-refractivity contribution in [1.29, 1.82) is 0 Å². The smallest absolute Gasteiger partial charge is 0.328 e. The molecule has 0 unspecified atom stereocenters. The molecule has 0 aliphatic carbocycles. The van der Waals surface area contributed by atoms with Crippen LogP contribution in [-0.2, 0) is 27.2 Å². The second-order valence-corrected chi connectivity index (χ2v) is 6.45. The van der Waals surface area contributed by atoms with Gasteiger partial charge in [0, 0.05) is 17.4 Å². The molecule has 6 heteroatoms. The van der Waals surface area contributed by atoms with Crippen LogP contribution in [0.5, 0.6) is 5.75 Å². The second kappa shape index (κ2) is 7.95. The summed E-state index contributed by atoms with van der Waals surface area (Å²) in [5.74, 6) is -0.684. The van der Waals surface area contributed by atoms with Gasteiger partial charge in [-0.05, 0) is 36.2 Å². The number of carbonyl (C=O) groups excluding carboxylic acids is 2. The third-order valence-corrected chi connectivity index (χ3v) is 4.36. The summed E-state index contributed by atoms with van der Waals surface area (Å²) in [5.41, 5.74) is 3.36. The van der Waals surface area contributed by atoms with E-state index in [0.29, 0.717) is 0 Å². The van der Waals surface area contributed by atoms with Crippen molar-refractivity contribution in [2.75, 3.05) is 7.11 Å². The molecule has 3 aromatic rings. The molecule has 1 amide bonds. The summed E-state index contributed by atoms with van der Waals surface area (Å²) < 4.78 is 10.3. The van der Waals surface area contributed by atoms with Crippen LogP contribution in [0.4, 0.5) is 0 Å². The summed E-state index contributed by atoms with van der Waals surface area (Å²) in [6, 6.07) is 11.4. The van der Waals surface area contributed by atoms with Crippen molar-refractivity contribution in [2.24, 2.45) is 0 Å². The van der Waals surface area contributed by atoms with Gasteiger partial charge < -0.3 is 19.6 Å². The standard InChI is InChI=1S/C21H21NO5/c1-13-3-8-17-15(12-27-19(17)9-13)11-20(24)22-18(21(25)26-2)10-14-4-6-16(23)7-5-14/h3-9,12,18,23H,10-11H2,1-2H3,(H,22,24)/t18-/m1/s1. The number of hydrogen-bond donors (Lipinski definition) is 2. The number of carbonyl (C=O) groups is 2. The molecule has 0 radical (unpaired) electrons. The molecule has 0 bridgehead atoms. The minimum atomic E-state index is -0.813. The van der Waals surface area contributed by atoms with Gasteiger partial charge in [0.1, 0.15) is 17.4 Å². The van der Waals surface area contributed by atoms with E-state index in [9.17, 15) is 14.7 Å². The molecular formula is C21H21NO5. The van der Waals surface area contributed by atoms with Crippen molar-refractivity contribution >= 4 is 22.8 Å². The lowest BCUT2D eigenvalue weighted by atomic mass is 10.0. The molecule has 140 valence electrons. The molecule has 0 saturated carbocycles. The number of aromatic hydroxyl groups is 1. The number of rotatable bonds is 6. The molecular weight excluding hydrogens is 346 g/mol. The molecule has 0 saturated heterocycles. The van der Waals surface area contributed by atoms with Gasteiger partial charge in [0.15, 0.2) is 0 Å². The summed E-state index contributed by atoms with van der Waals surface area (Å²) in [6.07, 6.45) is 1.93. The Hall–Kier alpha value is -3.28. The zero-order chi connectivity index (χ0) is 19.4. The molecule has 6 nitrogen and oxygen atoms in total. The van der Waals surface area contributed by atoms with Gasteiger partial charge in [0.2, 0.25) is 5.91 Å². The number of amides is 1. The van der Waals surface area contributed by atoms with E-state index in [1.165, 1.54) is 19.2 Å². The fourth-order valence-corrected chi connectivity index (χ4v) is 2.95. The number of furan rings is 1. The van der Waals surface area contributed by atoms with Crippen molar-refractivity contribution in [2.45, 2.75) is 25.8 Å². The highest BCUT2D eigenvalue weighted by Crippen LogP contribution is 2.22. The number of phenolic OH excluding ortho intramolecular Hbond substituents is 1. The largest absolute Gasteiger partial charge is 0.508 e. The third-order valence-electron chi connectivity index (χ3n) is 4.36. The summed E-state index contributed by atoms with van der Waals surface area (Å²) in [5, 5.41) is 13.0. The lowest BCUT2D eigenvalue weighted by Gasteiger charge is -2.16. The summed E-state index contributed by atoms with van der Waals surface area (Å²) in [7, 11) is 1.28. The topological polar surface area (TPSA) is 88.8 Å². The van der Waals surface area contributed by atoms with Crippen molar-refractivity contribution in [3.8, 4) is 5.75 Å². The van der Waals surface area contributed by atoms with Crippen molar-refractivity contribution in [1.82, 2.24) is 5.32 Å². The van der Waals surface area contributed by atoms with E-state index in [-0.39, 0.29) is 24.5 Å². The normalized spacial score (nSPS) is 11.9. The highest BCUT2D eigenvalue weighted by molar-refractivity contribution is 5.90. The number of esters is 1. The molecule has 1 atom stereocenters. The fraction of sp³-hybridized carbons (Fsp3) is 0.238. The minimum absolute atomic E-state index is 0.0964. The van der Waals surface area contributed by atoms with E-state index < -0.39 is 12.0 Å². The Kier molecular flexibility index (Phi) is 5.45. The van der Waals surface area contributed by atoms with Crippen LogP contribution < -0.4 is 5.32 Å². The van der Waals surface area contributed by atoms with Crippen LogP contribution in [0.15, 0.2) is 53.1 Å². The predicted octanol–water partition coefficient (Wildman–Crippen LogP) is 2.89. The predicted molar refractivity (Wildman–Crippen MR) is 100 cm³/mol. The first-order chi connectivity index (χ1) is 13.0. The monoisotopic (exact) mass is 367 g/mol. The molecule has 2 aromatic carbocycles. The van der Waals surface area contributed by atoms with Crippen LogP contribution in [-0.4, -0.2) is 30.1 Å². The number of hydrogen-bond acceptors (Lipinski definition) is 5. The number of benzene rings is 2. The highest BCUT2D eigenvalue weighted by atomic mass is 16.5. The lowest BCUT2D eigenvalue weighted by molar-refractivity contribution is -0.145. The Morgan fingerprint density at radius 1 is 1.19 bits per heavy atom. The van der Waals surface area contributed by atoms with Crippen LogP contribution in [0.3, 0.4) is 0 Å². The van der Waals surface area contributed by atoms with Crippen LogP contribution >= 0.6 is 0 Å². The first-order valence-corrected chi connectivity index (χ1v) is 8.58. The number of fused-ring (bicyclic) bond motifs is 1. The maximum absolute atomic E-state index is 12.5. The van der Waals surface area contributed by atoms with Gasteiger partial charge in [0.05, 0.1) is 19.8 Å². The van der Waals surface area contributed by atoms with Crippen LogP contribution in [0.2, 0.25) is 0 Å². The summed E-state index contributed by atoms with van der Waals surface area (Å²) in [4.78, 5) is 24.6. The number of nitrogens with one attached hydrogen (secondary N) is 1. The van der Waals surface area contributed by atoms with Gasteiger partial charge in [0.25, 0.3) is 0 Å². The van der Waals surface area contributed by atoms with Gasteiger partial charge in [-0.15, -0.1) is 0 Å². The quantitative estimate of drug-likeness (QED) is 0.654. The molecule has 2 N–H and O–H groups in total. The van der Waals surface area contributed by atoms with E-state index in [1.807, 2.05) is 25.1 Å². The molecule has 1 aromatic heterocycles. The van der Waals surface area contributed by atoms with Gasteiger partial charge in [-0.25, -0.2) is 4.79 Å². The molecule has 1 heterocycles. The van der Waals surface area contributed by atoms with Crippen LogP contribution in [0.25, 0.3) is 11.0 Å². The van der Waals surface area contributed by atoms with Crippen LogP contribution in [0, 0.1) is 6.92 Å². The molecule has 0 aliphatic heterocycles. The van der Waals surface area contributed by atoms with Gasteiger partial charge in [-0.3, -0.25) is 4.79 Å². The van der Waals surface area contributed by atoms with Crippen molar-refractivity contribution in [3.05, 3.63) is 65.4 Å². The zero-order valence-electron chi connectivity index (χ0n) is 15.2. The maximum Gasteiger partial charge on any atom is 0.328 e.